The van der Waals surface area contributed by atoms with Gasteiger partial charge in [-0.15, -0.1) is 10.2 Å². The average molecular weight is 562 g/mol. The molecular weight excluding hydrogens is 534 g/mol. The number of carbonyl (C=O) groups is 1. The molecule has 0 radical (unpaired) electrons. The molecule has 13 heteroatoms. The number of amides is 1. The molecule has 1 aliphatic rings. The molecule has 5 heterocycles. The predicted molar refractivity (Wildman–Crippen MR) is 157 cm³/mol. The van der Waals surface area contributed by atoms with Crippen molar-refractivity contribution >= 4 is 28.9 Å². The van der Waals surface area contributed by atoms with E-state index in [-0.39, 0.29) is 11.7 Å². The molecule has 1 aliphatic heterocycles. The molecule has 42 heavy (non-hydrogen) atoms. The number of phenolic OH excluding ortho intramolecular Hbond substituents is 1. The fraction of sp³-hybridized carbons (Fsp3) is 0.207. The zero-order valence-corrected chi connectivity index (χ0v) is 22.6. The van der Waals surface area contributed by atoms with Crippen LogP contribution in [0.3, 0.4) is 0 Å². The summed E-state index contributed by atoms with van der Waals surface area (Å²) >= 11 is 0. The molecular formula is C29H27N11O2. The smallest absolute Gasteiger partial charge is 0.271 e. The van der Waals surface area contributed by atoms with Gasteiger partial charge in [0.25, 0.3) is 5.91 Å². The molecule has 0 aliphatic carbocycles. The second-order valence-corrected chi connectivity index (χ2v) is 9.49. The Balaban J connectivity index is 1.03. The Morgan fingerprint density at radius 1 is 1.00 bits per heavy atom. The molecule has 1 saturated heterocycles. The summed E-state index contributed by atoms with van der Waals surface area (Å²) in [7, 11) is 0. The van der Waals surface area contributed by atoms with Gasteiger partial charge < -0.3 is 26.0 Å². The summed E-state index contributed by atoms with van der Waals surface area (Å²) in [6, 6.07) is 14.1. The first kappa shape index (κ1) is 26.5. The van der Waals surface area contributed by atoms with Gasteiger partial charge in [0.2, 0.25) is 5.82 Å². The van der Waals surface area contributed by atoms with Crippen LogP contribution < -0.4 is 20.9 Å². The summed E-state index contributed by atoms with van der Waals surface area (Å²) in [5.74, 6) is 7.42. The van der Waals surface area contributed by atoms with Gasteiger partial charge in [-0.05, 0) is 36.3 Å². The van der Waals surface area contributed by atoms with Crippen LogP contribution in [0.25, 0.3) is 16.9 Å². The summed E-state index contributed by atoms with van der Waals surface area (Å²) in [6.07, 6.45) is 5.52. The number of fused-ring (bicyclic) bond motifs is 1. The van der Waals surface area contributed by atoms with E-state index in [0.717, 1.165) is 11.5 Å². The van der Waals surface area contributed by atoms with Crippen LogP contribution in [0.5, 0.6) is 5.75 Å². The molecule has 0 spiro atoms. The largest absolute Gasteiger partial charge is 0.507 e. The van der Waals surface area contributed by atoms with Gasteiger partial charge in [0, 0.05) is 69.4 Å². The number of anilines is 3. The minimum absolute atomic E-state index is 0.140. The van der Waals surface area contributed by atoms with Crippen LogP contribution in [-0.2, 0) is 0 Å². The van der Waals surface area contributed by atoms with Gasteiger partial charge >= 0.3 is 0 Å². The highest BCUT2D eigenvalue weighted by Crippen LogP contribution is 2.31. The molecule has 6 rings (SSSR count). The van der Waals surface area contributed by atoms with E-state index in [1.807, 2.05) is 18.2 Å². The van der Waals surface area contributed by atoms with Crippen molar-refractivity contribution in [1.82, 2.24) is 40.1 Å². The van der Waals surface area contributed by atoms with Crippen molar-refractivity contribution in [2.75, 3.05) is 48.3 Å². The molecule has 0 atom stereocenters. The number of piperazine rings is 1. The third kappa shape index (κ3) is 5.73. The van der Waals surface area contributed by atoms with Gasteiger partial charge in [-0.3, -0.25) is 4.79 Å². The van der Waals surface area contributed by atoms with E-state index < -0.39 is 0 Å². The molecule has 5 aromatic rings. The first-order chi connectivity index (χ1) is 20.5. The van der Waals surface area contributed by atoms with Crippen molar-refractivity contribution in [3.05, 3.63) is 78.6 Å². The fourth-order valence-corrected chi connectivity index (χ4v) is 4.64. The van der Waals surface area contributed by atoms with Gasteiger partial charge in [0.1, 0.15) is 11.6 Å². The monoisotopic (exact) mass is 561 g/mol. The van der Waals surface area contributed by atoms with E-state index in [0.29, 0.717) is 73.4 Å². The lowest BCUT2D eigenvalue weighted by atomic mass is 10.1. The van der Waals surface area contributed by atoms with Crippen LogP contribution in [0.1, 0.15) is 22.7 Å². The van der Waals surface area contributed by atoms with Crippen molar-refractivity contribution in [1.29, 1.82) is 0 Å². The number of nitrogens with one attached hydrogen (secondary N) is 1. The maximum Gasteiger partial charge on any atom is 0.271 e. The third-order valence-corrected chi connectivity index (χ3v) is 6.77. The zero-order valence-electron chi connectivity index (χ0n) is 22.6. The van der Waals surface area contributed by atoms with E-state index in [2.05, 4.69) is 57.2 Å². The number of aromatic hydroxyl groups is 1. The Hall–Kier alpha value is -5.77. The van der Waals surface area contributed by atoms with E-state index in [9.17, 15) is 9.90 Å². The lowest BCUT2D eigenvalue weighted by Crippen LogP contribution is -2.47. The normalized spacial score (nSPS) is 13.0. The number of hydrogen-bond acceptors (Lipinski definition) is 11. The van der Waals surface area contributed by atoms with Crippen LogP contribution in [-0.4, -0.2) is 78.5 Å². The number of nitrogen functional groups attached to an aromatic ring is 1. The Morgan fingerprint density at radius 3 is 2.67 bits per heavy atom. The minimum Gasteiger partial charge on any atom is -0.507 e. The topological polar surface area (TPSA) is 164 Å². The number of aromatic nitrogens is 7. The van der Waals surface area contributed by atoms with Crippen molar-refractivity contribution in [3.63, 3.8) is 0 Å². The fourth-order valence-electron chi connectivity index (χ4n) is 4.64. The Bertz CT molecular complexity index is 1770. The molecule has 1 fully saturated rings. The first-order valence-corrected chi connectivity index (χ1v) is 13.4. The summed E-state index contributed by atoms with van der Waals surface area (Å²) < 4.78 is 1.55. The summed E-state index contributed by atoms with van der Waals surface area (Å²) in [5.41, 5.74) is 9.03. The lowest BCUT2D eigenvalue weighted by Gasteiger charge is -2.36. The van der Waals surface area contributed by atoms with Crippen LogP contribution in [0.2, 0.25) is 0 Å². The van der Waals surface area contributed by atoms with Crippen molar-refractivity contribution in [2.24, 2.45) is 0 Å². The molecule has 0 bridgehead atoms. The van der Waals surface area contributed by atoms with Crippen molar-refractivity contribution < 1.29 is 9.90 Å². The Kier molecular flexibility index (Phi) is 7.41. The number of phenols is 1. The van der Waals surface area contributed by atoms with E-state index in [1.165, 1.54) is 0 Å². The molecule has 1 amide bonds. The number of para-hydroxylation sites is 1. The van der Waals surface area contributed by atoms with Crippen LogP contribution in [0, 0.1) is 11.8 Å². The number of benzene rings is 1. The second-order valence-electron chi connectivity index (χ2n) is 9.49. The molecule has 13 nitrogen and oxygen atoms in total. The molecule has 1 aromatic carbocycles. The Morgan fingerprint density at radius 2 is 1.83 bits per heavy atom. The molecule has 4 aromatic heterocycles. The van der Waals surface area contributed by atoms with E-state index in [1.54, 1.807) is 53.4 Å². The maximum atomic E-state index is 12.4. The van der Waals surface area contributed by atoms with Crippen molar-refractivity contribution in [2.45, 2.75) is 6.42 Å². The quantitative estimate of drug-likeness (QED) is 0.204. The highest BCUT2D eigenvalue weighted by atomic mass is 16.3. The van der Waals surface area contributed by atoms with Crippen molar-refractivity contribution in [3.8, 4) is 28.8 Å². The van der Waals surface area contributed by atoms with Crippen LogP contribution in [0.15, 0.2) is 67.1 Å². The number of nitrogens with two attached hydrogens (primary N) is 1. The number of hydrogen-bond donors (Lipinski definition) is 3. The van der Waals surface area contributed by atoms with Gasteiger partial charge in [0.05, 0.1) is 11.4 Å². The zero-order chi connectivity index (χ0) is 28.9. The number of rotatable bonds is 6. The average Bonchev–Trinajstić information content (AvgIpc) is 3.47. The number of carbonyl (C=O) groups excluding carboxylic acids is 1. The van der Waals surface area contributed by atoms with Crippen LogP contribution in [0.4, 0.5) is 17.3 Å². The molecule has 210 valence electrons. The highest BCUT2D eigenvalue weighted by molar-refractivity contribution is 5.93. The SMILES string of the molecule is Nc1nnc(-c2ccccc2O)cc1N1CCN(c2ccnc(C#CCCNC(=O)c3cc4ncccn4n3)n2)CC1. The van der Waals surface area contributed by atoms with Gasteiger partial charge in [-0.25, -0.2) is 19.5 Å². The molecule has 0 saturated carbocycles. The van der Waals surface area contributed by atoms with E-state index in [4.69, 9.17) is 5.73 Å². The summed E-state index contributed by atoms with van der Waals surface area (Å²) in [6.45, 7) is 3.18. The van der Waals surface area contributed by atoms with Gasteiger partial charge in [-0.1, -0.05) is 18.1 Å². The third-order valence-electron chi connectivity index (χ3n) is 6.77. The van der Waals surface area contributed by atoms with Gasteiger partial charge in [0.15, 0.2) is 17.2 Å². The van der Waals surface area contributed by atoms with Crippen LogP contribution >= 0.6 is 0 Å². The van der Waals surface area contributed by atoms with E-state index >= 15 is 0 Å². The standard InChI is InChI=1S/C29H27N11O2/c30-28-23(18-21(35-36-28)20-6-1-2-7-24(20)41)38-14-16-39(17-15-38)26-9-12-31-25(34-26)8-3-4-10-33-29(42)22-19-27-32-11-5-13-40(27)37-22/h1-2,5-7,9,11-13,18-19,41H,4,10,14-17H2,(H2,30,36)(H,33,42). The predicted octanol–water partition coefficient (Wildman–Crippen LogP) is 1.76. The maximum absolute atomic E-state index is 12.4. The molecule has 4 N–H and O–H groups in total. The summed E-state index contributed by atoms with van der Waals surface area (Å²) in [5, 5.41) is 25.6. The second kappa shape index (κ2) is 11.8. The first-order valence-electron chi connectivity index (χ1n) is 13.4. The minimum atomic E-state index is -0.279. The summed E-state index contributed by atoms with van der Waals surface area (Å²) in [4.78, 5) is 29.8. The lowest BCUT2D eigenvalue weighted by molar-refractivity contribution is 0.0949. The van der Waals surface area contributed by atoms with Gasteiger partial charge in [-0.2, -0.15) is 5.10 Å². The molecule has 0 unspecified atom stereocenters. The Labute approximate surface area is 241 Å². The highest BCUT2D eigenvalue weighted by Gasteiger charge is 2.22. The number of nitrogens with zero attached hydrogens (tertiary/aromatic N) is 9.